The molecule has 0 saturated carbocycles. The van der Waals surface area contributed by atoms with Crippen molar-refractivity contribution in [2.24, 2.45) is 0 Å². The summed E-state index contributed by atoms with van der Waals surface area (Å²) in [5, 5.41) is 0. The smallest absolute Gasteiger partial charge is 0.306 e. The van der Waals surface area contributed by atoms with Gasteiger partial charge in [0.05, 0.1) is 0 Å². The molecule has 0 heterocycles. The maximum atomic E-state index is 12.9. The Labute approximate surface area is 502 Å². The highest BCUT2D eigenvalue weighted by Gasteiger charge is 2.19. The maximum absolute atomic E-state index is 12.9. The van der Waals surface area contributed by atoms with Crippen molar-refractivity contribution < 1.29 is 28.6 Å². The van der Waals surface area contributed by atoms with Crippen molar-refractivity contribution >= 4 is 17.9 Å². The van der Waals surface area contributed by atoms with Crippen molar-refractivity contribution in [1.29, 1.82) is 0 Å². The van der Waals surface area contributed by atoms with Gasteiger partial charge >= 0.3 is 17.9 Å². The molecule has 0 N–H and O–H groups in total. The zero-order valence-electron chi connectivity index (χ0n) is 53.5. The number of carbonyl (C=O) groups is 3. The summed E-state index contributed by atoms with van der Waals surface area (Å²) in [6.45, 7) is 6.44. The van der Waals surface area contributed by atoms with Gasteiger partial charge in [-0.05, 0) is 96.3 Å². The van der Waals surface area contributed by atoms with Crippen LogP contribution in [0.4, 0.5) is 0 Å². The van der Waals surface area contributed by atoms with Crippen molar-refractivity contribution in [3.63, 3.8) is 0 Å². The van der Waals surface area contributed by atoms with Gasteiger partial charge < -0.3 is 14.2 Å². The molecular weight excluding hydrogens is 997 g/mol. The summed E-state index contributed by atoms with van der Waals surface area (Å²) >= 11 is 0. The lowest BCUT2D eigenvalue weighted by Crippen LogP contribution is -2.30. The predicted molar refractivity (Wildman–Crippen MR) is 353 cm³/mol. The Hall–Kier alpha value is -3.67. The first-order chi connectivity index (χ1) is 40.0. The third-order valence-corrected chi connectivity index (χ3v) is 15.1. The Morgan fingerprint density at radius 2 is 0.481 bits per heavy atom. The van der Waals surface area contributed by atoms with Crippen LogP contribution in [0, 0.1) is 0 Å². The minimum atomic E-state index is -0.783. The molecule has 81 heavy (non-hydrogen) atoms. The molecule has 0 aliphatic heterocycles. The SMILES string of the molecule is CC/C=C\C/C=C\C/C=C\C/C=C\C/C=C\CCCCCCCCCCCCCCCCCCCCCC(=O)OCC(COC(=O)CCCCCCCCCCCCCCC)OC(=O)CCCCCCC/C=C\C/C=C\C/C=C\CC. The molecule has 1 unspecified atom stereocenters. The lowest BCUT2D eigenvalue weighted by molar-refractivity contribution is -0.167. The zero-order chi connectivity index (χ0) is 58.5. The van der Waals surface area contributed by atoms with Crippen LogP contribution in [-0.4, -0.2) is 37.2 Å². The molecule has 0 saturated heterocycles. The number of unbranched alkanes of at least 4 members (excludes halogenated alkanes) is 36. The second-order valence-corrected chi connectivity index (χ2v) is 23.0. The first kappa shape index (κ1) is 77.3. The van der Waals surface area contributed by atoms with E-state index in [9.17, 15) is 14.4 Å². The molecule has 1 atom stereocenters. The van der Waals surface area contributed by atoms with Gasteiger partial charge in [-0.2, -0.15) is 0 Å². The minimum Gasteiger partial charge on any atom is -0.462 e. The largest absolute Gasteiger partial charge is 0.462 e. The van der Waals surface area contributed by atoms with Crippen LogP contribution in [0.15, 0.2) is 97.2 Å². The summed E-state index contributed by atoms with van der Waals surface area (Å²) in [4.78, 5) is 38.3. The van der Waals surface area contributed by atoms with Crippen LogP contribution < -0.4 is 0 Å². The Morgan fingerprint density at radius 1 is 0.259 bits per heavy atom. The van der Waals surface area contributed by atoms with Gasteiger partial charge in [0.25, 0.3) is 0 Å². The van der Waals surface area contributed by atoms with E-state index in [1.165, 1.54) is 173 Å². The molecule has 0 rings (SSSR count). The number of allylic oxidation sites excluding steroid dienone is 16. The second kappa shape index (κ2) is 68.8. The van der Waals surface area contributed by atoms with Gasteiger partial charge in [-0.1, -0.05) is 323 Å². The third-order valence-electron chi connectivity index (χ3n) is 15.1. The lowest BCUT2D eigenvalue weighted by Gasteiger charge is -2.18. The Balaban J connectivity index is 4.11. The van der Waals surface area contributed by atoms with Crippen LogP contribution in [0.25, 0.3) is 0 Å². The fourth-order valence-corrected chi connectivity index (χ4v) is 9.96. The summed E-state index contributed by atoms with van der Waals surface area (Å²) in [5.74, 6) is -0.879. The Morgan fingerprint density at radius 3 is 0.753 bits per heavy atom. The molecule has 6 nitrogen and oxygen atoms in total. The monoisotopic (exact) mass is 1130 g/mol. The van der Waals surface area contributed by atoms with Crippen LogP contribution in [0.5, 0.6) is 0 Å². The molecule has 0 aromatic rings. The van der Waals surface area contributed by atoms with Gasteiger partial charge in [0.15, 0.2) is 6.10 Å². The summed E-state index contributed by atoms with van der Waals surface area (Å²) < 4.78 is 16.9. The number of carbonyl (C=O) groups excluding carboxylic acids is 3. The summed E-state index contributed by atoms with van der Waals surface area (Å²) in [6, 6.07) is 0. The van der Waals surface area contributed by atoms with E-state index in [0.29, 0.717) is 19.3 Å². The van der Waals surface area contributed by atoms with Crippen molar-refractivity contribution in [2.45, 2.75) is 348 Å². The van der Waals surface area contributed by atoms with Crippen LogP contribution in [0.2, 0.25) is 0 Å². The molecule has 0 amide bonds. The summed E-state index contributed by atoms with van der Waals surface area (Å²) in [6.07, 6.45) is 93.0. The zero-order valence-corrected chi connectivity index (χ0v) is 53.5. The highest BCUT2D eigenvalue weighted by molar-refractivity contribution is 5.71. The highest BCUT2D eigenvalue weighted by Crippen LogP contribution is 2.18. The molecule has 0 aromatic heterocycles. The van der Waals surface area contributed by atoms with Crippen LogP contribution in [-0.2, 0) is 28.6 Å². The topological polar surface area (TPSA) is 78.9 Å². The summed E-state index contributed by atoms with van der Waals surface area (Å²) in [5.41, 5.74) is 0. The van der Waals surface area contributed by atoms with Gasteiger partial charge in [-0.25, -0.2) is 0 Å². The van der Waals surface area contributed by atoms with Crippen LogP contribution in [0.3, 0.4) is 0 Å². The quantitative estimate of drug-likeness (QED) is 0.0261. The van der Waals surface area contributed by atoms with Crippen molar-refractivity contribution in [3.8, 4) is 0 Å². The molecule has 0 aliphatic rings. The average Bonchev–Trinajstić information content (AvgIpc) is 3.46. The number of rotatable bonds is 63. The first-order valence-electron chi connectivity index (χ1n) is 34.7. The van der Waals surface area contributed by atoms with Gasteiger partial charge in [0.2, 0.25) is 0 Å². The van der Waals surface area contributed by atoms with Gasteiger partial charge in [-0.3, -0.25) is 14.4 Å². The molecule has 0 bridgehead atoms. The van der Waals surface area contributed by atoms with E-state index in [1.54, 1.807) is 0 Å². The number of hydrogen-bond donors (Lipinski definition) is 0. The maximum Gasteiger partial charge on any atom is 0.306 e. The van der Waals surface area contributed by atoms with Crippen LogP contribution in [0.1, 0.15) is 342 Å². The molecule has 0 fully saturated rings. The van der Waals surface area contributed by atoms with Gasteiger partial charge in [0, 0.05) is 19.3 Å². The van der Waals surface area contributed by atoms with E-state index in [4.69, 9.17) is 14.2 Å². The van der Waals surface area contributed by atoms with E-state index in [-0.39, 0.29) is 31.1 Å². The molecule has 466 valence electrons. The average molecular weight is 1130 g/mol. The van der Waals surface area contributed by atoms with Gasteiger partial charge in [0.1, 0.15) is 13.2 Å². The number of ether oxygens (including phenoxy) is 3. The van der Waals surface area contributed by atoms with E-state index in [2.05, 4.69) is 118 Å². The van der Waals surface area contributed by atoms with E-state index < -0.39 is 6.10 Å². The Bertz CT molecular complexity index is 1580. The van der Waals surface area contributed by atoms with Crippen molar-refractivity contribution in [2.75, 3.05) is 13.2 Å². The highest BCUT2D eigenvalue weighted by atomic mass is 16.6. The summed E-state index contributed by atoms with van der Waals surface area (Å²) in [7, 11) is 0. The first-order valence-corrected chi connectivity index (χ1v) is 34.7. The third kappa shape index (κ3) is 67.0. The number of hydrogen-bond acceptors (Lipinski definition) is 6. The fraction of sp³-hybridized carbons (Fsp3) is 0.747. The van der Waals surface area contributed by atoms with Crippen molar-refractivity contribution in [1.82, 2.24) is 0 Å². The van der Waals surface area contributed by atoms with Crippen LogP contribution >= 0.6 is 0 Å². The minimum absolute atomic E-state index is 0.0789. The lowest BCUT2D eigenvalue weighted by atomic mass is 10.0. The molecule has 6 heteroatoms. The molecule has 0 aliphatic carbocycles. The molecular formula is C75H130O6. The number of esters is 3. The second-order valence-electron chi connectivity index (χ2n) is 23.0. The normalized spacial score (nSPS) is 12.7. The Kier molecular flexibility index (Phi) is 65.7. The van der Waals surface area contributed by atoms with E-state index >= 15 is 0 Å². The molecule has 0 radical (unpaired) electrons. The van der Waals surface area contributed by atoms with Crippen molar-refractivity contribution in [3.05, 3.63) is 97.2 Å². The van der Waals surface area contributed by atoms with Gasteiger partial charge in [-0.15, -0.1) is 0 Å². The predicted octanol–water partition coefficient (Wildman–Crippen LogP) is 24.0. The molecule has 0 spiro atoms. The van der Waals surface area contributed by atoms with E-state index in [0.717, 1.165) is 128 Å². The fourth-order valence-electron chi connectivity index (χ4n) is 9.96. The van der Waals surface area contributed by atoms with E-state index in [1.807, 2.05) is 0 Å². The standard InChI is InChI=1S/C75H130O6/c1-4-7-10-13-16-19-22-25-27-28-29-30-31-32-33-34-35-36-37-38-39-40-41-42-43-44-45-46-48-50-53-56-59-62-65-68-74(77)80-71-72(70-79-73(76)67-64-61-58-55-52-49-24-21-18-15-12-9-6-3)81-75(78)69-66-63-60-57-54-51-47-26-23-20-17-14-11-8-5-2/h7-8,10-11,16-17,19-20,25-27,29-30,32-33,47,72H,4-6,9,12-15,18,21-24,28,31,34-46,48-71H2,1-3H3/b10-7-,11-8-,19-16-,20-17-,27-25-,30-29-,33-32-,47-26-. The molecule has 0 aromatic carbocycles.